The molecule has 1 atom stereocenters. The first-order chi connectivity index (χ1) is 16.3. The Bertz CT molecular complexity index is 892. The Kier molecular flexibility index (Phi) is 13.9. The fourth-order valence-electron chi connectivity index (χ4n) is 3.94. The minimum atomic E-state index is -3.01. The number of hydrogen-bond acceptors (Lipinski definition) is 8. The fraction of sp³-hybridized carbons (Fsp3) is 0.708. The van der Waals surface area contributed by atoms with E-state index in [1.807, 2.05) is 40.7 Å². The summed E-state index contributed by atoms with van der Waals surface area (Å²) < 4.78 is 35.4. The van der Waals surface area contributed by atoms with Gasteiger partial charge in [-0.25, -0.2) is 8.42 Å². The van der Waals surface area contributed by atoms with Crippen molar-refractivity contribution in [2.24, 2.45) is 10.7 Å². The molecule has 10 heteroatoms. The summed E-state index contributed by atoms with van der Waals surface area (Å²) in [6.07, 6.45) is 6.12. The van der Waals surface area contributed by atoms with Crippen molar-refractivity contribution >= 4 is 39.0 Å². The van der Waals surface area contributed by atoms with Crippen molar-refractivity contribution in [1.29, 1.82) is 0 Å². The third-order valence-corrected chi connectivity index (χ3v) is 7.89. The third kappa shape index (κ3) is 8.91. The monoisotopic (exact) mass is 535 g/mol. The molecule has 1 saturated heterocycles. The number of halogens is 1. The van der Waals surface area contributed by atoms with Crippen LogP contribution in [-0.2, 0) is 24.9 Å². The smallest absolute Gasteiger partial charge is 0.149 e. The second-order valence-electron chi connectivity index (χ2n) is 7.77. The predicted octanol–water partition coefficient (Wildman–Crippen LogP) is 4.81. The lowest BCUT2D eigenvalue weighted by Gasteiger charge is -2.45. The molecule has 0 bridgehead atoms. The average Bonchev–Trinajstić information content (AvgIpc) is 3.24. The van der Waals surface area contributed by atoms with Gasteiger partial charge in [-0.2, -0.15) is 0 Å². The van der Waals surface area contributed by atoms with E-state index in [2.05, 4.69) is 9.89 Å². The molecule has 7 nitrogen and oxygen atoms in total. The van der Waals surface area contributed by atoms with E-state index in [0.717, 1.165) is 35.8 Å². The lowest BCUT2D eigenvalue weighted by Crippen LogP contribution is -2.47. The first-order valence-electron chi connectivity index (χ1n) is 12.1. The highest BCUT2D eigenvalue weighted by molar-refractivity contribution is 7.90. The van der Waals surface area contributed by atoms with E-state index >= 15 is 0 Å². The highest BCUT2D eigenvalue weighted by atomic mass is 35.5. The number of fused-ring (bicyclic) bond motifs is 2. The van der Waals surface area contributed by atoms with Crippen LogP contribution in [0.2, 0.25) is 4.34 Å². The largest absolute Gasteiger partial charge is 0.404 e. The topological polar surface area (TPSA) is 94.2 Å². The first-order valence-corrected chi connectivity index (χ1v) is 15.4. The van der Waals surface area contributed by atoms with Gasteiger partial charge in [-0.05, 0) is 37.6 Å². The highest BCUT2D eigenvalue weighted by Crippen LogP contribution is 2.49. The number of sulfone groups is 1. The molecule has 1 unspecified atom stereocenters. The van der Waals surface area contributed by atoms with Crippen molar-refractivity contribution in [3.05, 3.63) is 32.6 Å². The van der Waals surface area contributed by atoms with Crippen molar-refractivity contribution in [3.63, 3.8) is 0 Å². The second-order valence-corrected chi connectivity index (χ2v) is 11.7. The lowest BCUT2D eigenvalue weighted by atomic mass is 9.84. The van der Waals surface area contributed by atoms with Gasteiger partial charge in [-0.3, -0.25) is 9.89 Å². The Balaban J connectivity index is 0.00000137. The standard InChI is InChI=1S/C20H30ClN3O4S2.2C2H6/c1-3-27-17-14-28-20(19-16(17)10-18(21)29-19)4-7-24(8-5-20)13-15(11-22)12-23-6-9-30(2,25)26;2*1-2/h10-12,17H,3-9,13-14,22H2,1-2H3;2*1-2H3/b15-11+,23-12?;;. The normalized spacial score (nSPS) is 20.3. The minimum absolute atomic E-state index is 0.0410. The Labute approximate surface area is 215 Å². The van der Waals surface area contributed by atoms with Gasteiger partial charge in [-0.15, -0.1) is 11.3 Å². The summed E-state index contributed by atoms with van der Waals surface area (Å²) in [5, 5.41) is 0. The summed E-state index contributed by atoms with van der Waals surface area (Å²) in [5.74, 6) is 0.0410. The van der Waals surface area contributed by atoms with Crippen LogP contribution in [-0.4, -0.2) is 70.9 Å². The summed E-state index contributed by atoms with van der Waals surface area (Å²) in [4.78, 5) is 7.73. The zero-order chi connectivity index (χ0) is 25.8. The van der Waals surface area contributed by atoms with Crippen LogP contribution < -0.4 is 5.73 Å². The van der Waals surface area contributed by atoms with Gasteiger partial charge in [0.05, 0.1) is 23.2 Å². The zero-order valence-electron chi connectivity index (χ0n) is 21.5. The number of hydrogen-bond donors (Lipinski definition) is 1. The number of nitrogens with zero attached hydrogens (tertiary/aromatic N) is 2. The highest BCUT2D eigenvalue weighted by Gasteiger charge is 2.45. The van der Waals surface area contributed by atoms with E-state index in [0.29, 0.717) is 19.8 Å². The SMILES string of the molecule is CC.CC.CCOC1COC2(CCN(C/C(C=NCCS(C)(=O)=O)=C/N)CC2)c2sc(Cl)cc21. The van der Waals surface area contributed by atoms with Gasteiger partial charge < -0.3 is 15.2 Å². The maximum absolute atomic E-state index is 11.2. The Morgan fingerprint density at radius 3 is 2.56 bits per heavy atom. The number of rotatable bonds is 8. The van der Waals surface area contributed by atoms with E-state index < -0.39 is 9.84 Å². The molecule has 0 aliphatic carbocycles. The third-order valence-electron chi connectivity index (χ3n) is 5.50. The van der Waals surface area contributed by atoms with Gasteiger partial charge >= 0.3 is 0 Å². The molecule has 3 rings (SSSR count). The Hall–Kier alpha value is -0.970. The van der Waals surface area contributed by atoms with E-state index in [-0.39, 0.29) is 24.0 Å². The van der Waals surface area contributed by atoms with Gasteiger partial charge in [0, 0.05) is 49.2 Å². The van der Waals surface area contributed by atoms with Crippen LogP contribution in [0, 0.1) is 0 Å². The summed E-state index contributed by atoms with van der Waals surface area (Å²) in [6, 6.07) is 2.03. The van der Waals surface area contributed by atoms with Gasteiger partial charge in [-0.1, -0.05) is 39.3 Å². The number of piperidine rings is 1. The molecule has 0 amide bonds. The van der Waals surface area contributed by atoms with Gasteiger partial charge in [0.1, 0.15) is 21.5 Å². The average molecular weight is 536 g/mol. The maximum Gasteiger partial charge on any atom is 0.149 e. The van der Waals surface area contributed by atoms with Crippen LogP contribution in [0.4, 0.5) is 0 Å². The quantitative estimate of drug-likeness (QED) is 0.480. The second kappa shape index (κ2) is 15.2. The van der Waals surface area contributed by atoms with Gasteiger partial charge in [0.15, 0.2) is 0 Å². The van der Waals surface area contributed by atoms with Crippen LogP contribution in [0.5, 0.6) is 0 Å². The molecular weight excluding hydrogens is 494 g/mol. The zero-order valence-corrected chi connectivity index (χ0v) is 23.9. The molecule has 196 valence electrons. The molecule has 3 heterocycles. The van der Waals surface area contributed by atoms with E-state index in [4.69, 9.17) is 26.8 Å². The molecule has 0 aromatic carbocycles. The fourth-order valence-corrected chi connectivity index (χ4v) is 5.86. The summed E-state index contributed by atoms with van der Waals surface area (Å²) in [5.41, 5.74) is 7.50. The molecule has 1 spiro atoms. The number of aliphatic imine (C=N–C) groups is 1. The lowest BCUT2D eigenvalue weighted by molar-refractivity contribution is -0.139. The molecule has 1 aromatic rings. The van der Waals surface area contributed by atoms with Crippen LogP contribution in [0.25, 0.3) is 0 Å². The molecule has 2 aliphatic rings. The van der Waals surface area contributed by atoms with Crippen molar-refractivity contribution in [2.75, 3.05) is 51.4 Å². The minimum Gasteiger partial charge on any atom is -0.404 e. The molecule has 2 aliphatic heterocycles. The van der Waals surface area contributed by atoms with E-state index in [1.54, 1.807) is 17.6 Å². The number of ether oxygens (including phenoxy) is 2. The van der Waals surface area contributed by atoms with Crippen LogP contribution in [0.3, 0.4) is 0 Å². The number of thiophene rings is 1. The van der Waals surface area contributed by atoms with Crippen molar-refractivity contribution < 1.29 is 17.9 Å². The van der Waals surface area contributed by atoms with Crippen molar-refractivity contribution in [3.8, 4) is 0 Å². The van der Waals surface area contributed by atoms with Gasteiger partial charge in [0.2, 0.25) is 0 Å². The molecule has 0 radical (unpaired) electrons. The van der Waals surface area contributed by atoms with Crippen LogP contribution in [0.15, 0.2) is 22.8 Å². The first kappa shape index (κ1) is 31.1. The predicted molar refractivity (Wildman–Crippen MR) is 145 cm³/mol. The Morgan fingerprint density at radius 2 is 2.00 bits per heavy atom. The molecular formula is C24H42ClN3O4S2. The number of nitrogens with two attached hydrogens (primary N) is 1. The van der Waals surface area contributed by atoms with Crippen LogP contribution in [0.1, 0.15) is 64.0 Å². The Morgan fingerprint density at radius 1 is 1.35 bits per heavy atom. The molecule has 34 heavy (non-hydrogen) atoms. The molecule has 0 saturated carbocycles. The van der Waals surface area contributed by atoms with Crippen molar-refractivity contribution in [2.45, 2.75) is 59.2 Å². The number of likely N-dealkylation sites (tertiary alicyclic amines) is 1. The maximum atomic E-state index is 11.2. The summed E-state index contributed by atoms with van der Waals surface area (Å²) >= 11 is 7.95. The molecule has 1 fully saturated rings. The van der Waals surface area contributed by atoms with E-state index in [9.17, 15) is 8.42 Å². The van der Waals surface area contributed by atoms with Crippen LogP contribution >= 0.6 is 22.9 Å². The van der Waals surface area contributed by atoms with Gasteiger partial charge in [0.25, 0.3) is 0 Å². The summed E-state index contributed by atoms with van der Waals surface area (Å²) in [6.45, 7) is 13.8. The van der Waals surface area contributed by atoms with Crippen molar-refractivity contribution in [1.82, 2.24) is 4.90 Å². The molecule has 1 aromatic heterocycles. The molecule has 2 N–H and O–H groups in total. The van der Waals surface area contributed by atoms with E-state index in [1.165, 1.54) is 22.9 Å². The summed E-state index contributed by atoms with van der Waals surface area (Å²) in [7, 11) is -3.01.